The first-order chi connectivity index (χ1) is 11.2. The van der Waals surface area contributed by atoms with E-state index in [0.29, 0.717) is 18.5 Å². The lowest BCUT2D eigenvalue weighted by Crippen LogP contribution is -2.41. The fraction of sp³-hybridized carbons (Fsp3) is 0.263. The number of para-hydroxylation sites is 1. The lowest BCUT2D eigenvalue weighted by Gasteiger charge is -2.17. The molecule has 0 bridgehead atoms. The van der Waals surface area contributed by atoms with E-state index >= 15 is 0 Å². The van der Waals surface area contributed by atoms with Crippen LogP contribution < -0.4 is 10.2 Å². The second-order valence-electron chi connectivity index (χ2n) is 5.69. The highest BCUT2D eigenvalue weighted by Gasteiger charge is 2.33. The Labute approximate surface area is 136 Å². The predicted octanol–water partition coefficient (Wildman–Crippen LogP) is 2.78. The van der Waals surface area contributed by atoms with Crippen LogP contribution in [0.3, 0.4) is 0 Å². The summed E-state index contributed by atoms with van der Waals surface area (Å²) in [5.41, 5.74) is 2.66. The quantitative estimate of drug-likeness (QED) is 0.944. The molecule has 2 aromatic rings. The number of nitrogens with zero attached hydrogens (tertiary/aromatic N) is 1. The van der Waals surface area contributed by atoms with Crippen LogP contribution in [0.2, 0.25) is 0 Å². The second kappa shape index (κ2) is 6.65. The molecule has 0 saturated carbocycles. The van der Waals surface area contributed by atoms with Crippen molar-refractivity contribution in [3.63, 3.8) is 0 Å². The van der Waals surface area contributed by atoms with Crippen molar-refractivity contribution in [3.8, 4) is 0 Å². The van der Waals surface area contributed by atoms with Crippen LogP contribution in [-0.2, 0) is 11.2 Å². The number of hydrogen-bond acceptors (Lipinski definition) is 2. The first kappa shape index (κ1) is 15.3. The van der Waals surface area contributed by atoms with Gasteiger partial charge in [0.15, 0.2) is 0 Å². The molecule has 0 unspecified atom stereocenters. The smallest absolute Gasteiger partial charge is 0.251 e. The molecular formula is C19H20N2O2. The summed E-state index contributed by atoms with van der Waals surface area (Å²) in [6.45, 7) is 2.70. The van der Waals surface area contributed by atoms with Crippen molar-refractivity contribution in [3.05, 3.63) is 65.7 Å². The summed E-state index contributed by atoms with van der Waals surface area (Å²) < 4.78 is 0. The summed E-state index contributed by atoms with van der Waals surface area (Å²) in [5.74, 6) is -0.240. The Morgan fingerprint density at radius 2 is 1.83 bits per heavy atom. The summed E-state index contributed by atoms with van der Waals surface area (Å²) in [7, 11) is 0. The van der Waals surface area contributed by atoms with Gasteiger partial charge in [-0.3, -0.25) is 9.59 Å². The average molecular weight is 308 g/mol. The van der Waals surface area contributed by atoms with Crippen molar-refractivity contribution in [1.82, 2.24) is 5.32 Å². The predicted molar refractivity (Wildman–Crippen MR) is 90.5 cm³/mol. The number of amides is 2. The number of aryl methyl sites for hydroxylation is 1. The average Bonchev–Trinajstić information content (AvgIpc) is 2.96. The van der Waals surface area contributed by atoms with Crippen LogP contribution in [0.25, 0.3) is 0 Å². The Bertz CT molecular complexity index is 695. The molecule has 2 aromatic carbocycles. The molecule has 0 aromatic heterocycles. The summed E-state index contributed by atoms with van der Waals surface area (Å²) in [4.78, 5) is 26.5. The Hall–Kier alpha value is -2.62. The number of hydrogen-bond donors (Lipinski definition) is 1. The van der Waals surface area contributed by atoms with Crippen LogP contribution in [0.15, 0.2) is 54.6 Å². The van der Waals surface area contributed by atoms with Gasteiger partial charge in [-0.1, -0.05) is 37.3 Å². The second-order valence-corrected chi connectivity index (χ2v) is 5.69. The number of benzene rings is 2. The summed E-state index contributed by atoms with van der Waals surface area (Å²) in [6, 6.07) is 16.6. The molecule has 1 saturated heterocycles. The first-order valence-corrected chi connectivity index (χ1v) is 7.95. The molecule has 2 amide bonds. The van der Waals surface area contributed by atoms with Gasteiger partial charge in [0.2, 0.25) is 5.91 Å². The van der Waals surface area contributed by atoms with Crippen molar-refractivity contribution in [2.24, 2.45) is 0 Å². The van der Waals surface area contributed by atoms with Gasteiger partial charge in [0.1, 0.15) is 6.04 Å². The molecule has 118 valence electrons. The van der Waals surface area contributed by atoms with Gasteiger partial charge < -0.3 is 10.2 Å². The van der Waals surface area contributed by atoms with Gasteiger partial charge in [-0.25, -0.2) is 0 Å². The Balaban J connectivity index is 1.66. The van der Waals surface area contributed by atoms with Crippen LogP contribution in [0.4, 0.5) is 5.69 Å². The van der Waals surface area contributed by atoms with Gasteiger partial charge in [-0.2, -0.15) is 0 Å². The Morgan fingerprint density at radius 1 is 1.13 bits per heavy atom. The molecular weight excluding hydrogens is 288 g/mol. The van der Waals surface area contributed by atoms with E-state index in [4.69, 9.17) is 0 Å². The van der Waals surface area contributed by atoms with Crippen LogP contribution in [0.1, 0.15) is 29.3 Å². The topological polar surface area (TPSA) is 49.4 Å². The molecule has 4 nitrogen and oxygen atoms in total. The molecule has 1 aliphatic rings. The molecule has 1 N–H and O–H groups in total. The van der Waals surface area contributed by atoms with Crippen molar-refractivity contribution < 1.29 is 9.59 Å². The summed E-state index contributed by atoms with van der Waals surface area (Å²) >= 11 is 0. The molecule has 1 atom stereocenters. The SMILES string of the molecule is CCc1ccc(C(=O)N[C@@H]2CCN(c3ccccc3)C2=O)cc1. The number of rotatable bonds is 4. The molecule has 0 radical (unpaired) electrons. The minimum absolute atomic E-state index is 0.0465. The first-order valence-electron chi connectivity index (χ1n) is 7.95. The molecule has 3 rings (SSSR count). The highest BCUT2D eigenvalue weighted by Crippen LogP contribution is 2.21. The standard InChI is InChI=1S/C19H20N2O2/c1-2-14-8-10-15(11-9-14)18(22)20-17-12-13-21(19(17)23)16-6-4-3-5-7-16/h3-11,17H,2,12-13H2,1H3,(H,20,22)/t17-/m1/s1. The van der Waals surface area contributed by atoms with E-state index in [0.717, 1.165) is 12.1 Å². The van der Waals surface area contributed by atoms with E-state index in [9.17, 15) is 9.59 Å². The van der Waals surface area contributed by atoms with Crippen molar-refractivity contribution in [2.75, 3.05) is 11.4 Å². The lowest BCUT2D eigenvalue weighted by atomic mass is 10.1. The van der Waals surface area contributed by atoms with Gasteiger partial charge in [-0.05, 0) is 42.7 Å². The zero-order valence-corrected chi connectivity index (χ0v) is 13.2. The number of carbonyl (C=O) groups excluding carboxylic acids is 2. The third-order valence-corrected chi connectivity index (χ3v) is 4.20. The third-order valence-electron chi connectivity index (χ3n) is 4.20. The van der Waals surface area contributed by atoms with Gasteiger partial charge >= 0.3 is 0 Å². The van der Waals surface area contributed by atoms with E-state index in [2.05, 4.69) is 12.2 Å². The van der Waals surface area contributed by atoms with Gasteiger partial charge in [-0.15, -0.1) is 0 Å². The Kier molecular flexibility index (Phi) is 4.42. The summed E-state index contributed by atoms with van der Waals surface area (Å²) in [6.07, 6.45) is 1.57. The molecule has 1 fully saturated rings. The summed E-state index contributed by atoms with van der Waals surface area (Å²) in [5, 5.41) is 2.85. The van der Waals surface area contributed by atoms with Crippen LogP contribution in [0, 0.1) is 0 Å². The van der Waals surface area contributed by atoms with Crippen LogP contribution in [0.5, 0.6) is 0 Å². The van der Waals surface area contributed by atoms with E-state index < -0.39 is 6.04 Å². The van der Waals surface area contributed by atoms with Crippen LogP contribution in [-0.4, -0.2) is 24.4 Å². The molecule has 1 aliphatic heterocycles. The zero-order valence-electron chi connectivity index (χ0n) is 13.2. The lowest BCUT2D eigenvalue weighted by molar-refractivity contribution is -0.118. The van der Waals surface area contributed by atoms with Gasteiger partial charge in [0.25, 0.3) is 5.91 Å². The van der Waals surface area contributed by atoms with E-state index in [1.165, 1.54) is 5.56 Å². The maximum Gasteiger partial charge on any atom is 0.251 e. The molecule has 0 aliphatic carbocycles. The third kappa shape index (κ3) is 3.26. The van der Waals surface area contributed by atoms with Gasteiger partial charge in [0.05, 0.1) is 0 Å². The van der Waals surface area contributed by atoms with Crippen molar-refractivity contribution in [2.45, 2.75) is 25.8 Å². The van der Waals surface area contributed by atoms with Crippen molar-refractivity contribution >= 4 is 17.5 Å². The normalized spacial score (nSPS) is 17.3. The molecule has 4 heteroatoms. The highest BCUT2D eigenvalue weighted by atomic mass is 16.2. The van der Waals surface area contributed by atoms with Crippen LogP contribution >= 0.6 is 0 Å². The number of anilines is 1. The maximum atomic E-state index is 12.5. The van der Waals surface area contributed by atoms with Gasteiger partial charge in [0, 0.05) is 17.8 Å². The molecule has 1 heterocycles. The maximum absolute atomic E-state index is 12.5. The molecule has 23 heavy (non-hydrogen) atoms. The largest absolute Gasteiger partial charge is 0.340 e. The highest BCUT2D eigenvalue weighted by molar-refractivity contribution is 6.03. The zero-order chi connectivity index (χ0) is 16.2. The molecule has 0 spiro atoms. The number of nitrogens with one attached hydrogen (secondary N) is 1. The fourth-order valence-electron chi connectivity index (χ4n) is 2.81. The van der Waals surface area contributed by atoms with E-state index in [-0.39, 0.29) is 11.8 Å². The van der Waals surface area contributed by atoms with Crippen molar-refractivity contribution in [1.29, 1.82) is 0 Å². The van der Waals surface area contributed by atoms with E-state index in [1.54, 1.807) is 4.90 Å². The minimum Gasteiger partial charge on any atom is -0.340 e. The van der Waals surface area contributed by atoms with E-state index in [1.807, 2.05) is 54.6 Å². The Morgan fingerprint density at radius 3 is 2.48 bits per heavy atom. The minimum atomic E-state index is -0.450. The monoisotopic (exact) mass is 308 g/mol. The number of carbonyl (C=O) groups is 2. The fourth-order valence-corrected chi connectivity index (χ4v) is 2.81.